The molecule has 1 aliphatic heterocycles. The van der Waals surface area contributed by atoms with Crippen molar-refractivity contribution >= 4 is 17.7 Å². The number of esters is 1. The third-order valence-corrected chi connectivity index (χ3v) is 3.27. The summed E-state index contributed by atoms with van der Waals surface area (Å²) in [5.41, 5.74) is 1.55. The minimum absolute atomic E-state index is 0.377. The van der Waals surface area contributed by atoms with Gasteiger partial charge in [-0.2, -0.15) is 0 Å². The molecule has 0 spiro atoms. The topological polar surface area (TPSA) is 55.8 Å². The second-order valence-electron chi connectivity index (χ2n) is 6.03. The highest BCUT2D eigenvalue weighted by Gasteiger charge is 2.29. The predicted molar refractivity (Wildman–Crippen MR) is 79.7 cm³/mol. The summed E-state index contributed by atoms with van der Waals surface area (Å²) in [5.74, 6) is -0.377. The van der Waals surface area contributed by atoms with E-state index in [2.05, 4.69) is 0 Å². The van der Waals surface area contributed by atoms with Crippen molar-refractivity contribution in [1.82, 2.24) is 0 Å². The molecule has 0 unspecified atom stereocenters. The lowest BCUT2D eigenvalue weighted by atomic mass is 9.96. The molecule has 0 fully saturated rings. The number of hydrogen-bond acceptors (Lipinski definition) is 4. The van der Waals surface area contributed by atoms with E-state index in [-0.39, 0.29) is 12.1 Å². The molecule has 1 heterocycles. The summed E-state index contributed by atoms with van der Waals surface area (Å²) < 4.78 is 10.2. The van der Waals surface area contributed by atoms with Crippen LogP contribution in [0.1, 0.15) is 43.1 Å². The van der Waals surface area contributed by atoms with Crippen molar-refractivity contribution in [2.75, 3.05) is 18.6 Å². The highest BCUT2D eigenvalue weighted by molar-refractivity contribution is 5.96. The van der Waals surface area contributed by atoms with Crippen LogP contribution in [0.2, 0.25) is 0 Å². The zero-order valence-electron chi connectivity index (χ0n) is 12.9. The number of ether oxygens (including phenoxy) is 2. The molecular formula is C16H21NO4. The predicted octanol–water partition coefficient (Wildman–Crippen LogP) is 3.16. The third-order valence-electron chi connectivity index (χ3n) is 3.27. The van der Waals surface area contributed by atoms with Crippen molar-refractivity contribution in [2.24, 2.45) is 0 Å². The van der Waals surface area contributed by atoms with E-state index in [1.54, 1.807) is 17.0 Å². The Morgan fingerprint density at radius 2 is 1.95 bits per heavy atom. The van der Waals surface area contributed by atoms with Crippen molar-refractivity contribution in [3.63, 3.8) is 0 Å². The quantitative estimate of drug-likeness (QED) is 0.746. The first-order valence-corrected chi connectivity index (χ1v) is 7.04. The molecule has 114 valence electrons. The van der Waals surface area contributed by atoms with Crippen LogP contribution in [-0.4, -0.2) is 31.3 Å². The molecule has 0 aromatic heterocycles. The maximum atomic E-state index is 12.3. The molecule has 5 nitrogen and oxygen atoms in total. The van der Waals surface area contributed by atoms with Gasteiger partial charge in [0.1, 0.15) is 5.60 Å². The molecule has 2 rings (SSSR count). The number of nitrogens with zero attached hydrogens (tertiary/aromatic N) is 1. The van der Waals surface area contributed by atoms with Crippen LogP contribution < -0.4 is 4.90 Å². The summed E-state index contributed by atoms with van der Waals surface area (Å²) in [6.45, 7) is 6.09. The Bertz CT molecular complexity index is 560. The standard InChI is InChI=1S/C16H21NO4/c1-16(2,3)21-15(19)17-10-6-8-11-12(14(18)20-4)7-5-9-13(11)17/h5,7,9H,6,8,10H2,1-4H3. The average Bonchev–Trinajstić information content (AvgIpc) is 2.43. The largest absolute Gasteiger partial charge is 0.465 e. The summed E-state index contributed by atoms with van der Waals surface area (Å²) in [6, 6.07) is 5.32. The highest BCUT2D eigenvalue weighted by atomic mass is 16.6. The number of carbonyl (C=O) groups excluding carboxylic acids is 2. The van der Waals surface area contributed by atoms with E-state index in [0.29, 0.717) is 12.1 Å². The lowest BCUT2D eigenvalue weighted by Crippen LogP contribution is -2.40. The molecule has 0 bridgehead atoms. The van der Waals surface area contributed by atoms with Crippen LogP contribution in [0.15, 0.2) is 18.2 Å². The Morgan fingerprint density at radius 3 is 2.57 bits per heavy atom. The van der Waals surface area contributed by atoms with Gasteiger partial charge in [-0.05, 0) is 51.3 Å². The number of benzene rings is 1. The summed E-state index contributed by atoms with van der Waals surface area (Å²) in [7, 11) is 1.36. The zero-order chi connectivity index (χ0) is 15.6. The van der Waals surface area contributed by atoms with Gasteiger partial charge in [0, 0.05) is 6.54 Å². The average molecular weight is 291 g/mol. The summed E-state index contributed by atoms with van der Waals surface area (Å²) in [5, 5.41) is 0. The first-order chi connectivity index (χ1) is 9.83. The molecule has 1 aromatic carbocycles. The molecule has 5 heteroatoms. The molecule has 1 aliphatic rings. The van der Waals surface area contributed by atoms with Crippen LogP contribution in [-0.2, 0) is 15.9 Å². The number of anilines is 1. The fourth-order valence-electron chi connectivity index (χ4n) is 2.43. The lowest BCUT2D eigenvalue weighted by molar-refractivity contribution is 0.0568. The number of rotatable bonds is 1. The van der Waals surface area contributed by atoms with Gasteiger partial charge in [0.25, 0.3) is 0 Å². The number of carbonyl (C=O) groups is 2. The van der Waals surface area contributed by atoms with Crippen molar-refractivity contribution in [2.45, 2.75) is 39.2 Å². The van der Waals surface area contributed by atoms with Gasteiger partial charge in [-0.3, -0.25) is 4.90 Å². The fraction of sp³-hybridized carbons (Fsp3) is 0.500. The Kier molecular flexibility index (Phi) is 4.21. The molecule has 0 aliphatic carbocycles. The van der Waals surface area contributed by atoms with Crippen LogP contribution in [0.25, 0.3) is 0 Å². The molecule has 0 radical (unpaired) electrons. The van der Waals surface area contributed by atoms with Gasteiger partial charge in [0.15, 0.2) is 0 Å². The molecular weight excluding hydrogens is 270 g/mol. The smallest absolute Gasteiger partial charge is 0.414 e. The van der Waals surface area contributed by atoms with Gasteiger partial charge < -0.3 is 9.47 Å². The van der Waals surface area contributed by atoms with E-state index in [1.165, 1.54) is 7.11 Å². The number of fused-ring (bicyclic) bond motifs is 1. The van der Waals surface area contributed by atoms with Gasteiger partial charge in [-0.25, -0.2) is 9.59 Å². The second-order valence-corrected chi connectivity index (χ2v) is 6.03. The number of methoxy groups -OCH3 is 1. The molecule has 21 heavy (non-hydrogen) atoms. The second kappa shape index (κ2) is 5.76. The van der Waals surface area contributed by atoms with Gasteiger partial charge in [0.05, 0.1) is 18.4 Å². The minimum atomic E-state index is -0.547. The van der Waals surface area contributed by atoms with Gasteiger partial charge in [-0.15, -0.1) is 0 Å². The SMILES string of the molecule is COC(=O)c1cccc2c1CCCN2C(=O)OC(C)(C)C. The Balaban J connectivity index is 2.36. The third kappa shape index (κ3) is 3.35. The first kappa shape index (κ1) is 15.4. The van der Waals surface area contributed by atoms with E-state index < -0.39 is 5.60 Å². The number of hydrogen-bond donors (Lipinski definition) is 0. The van der Waals surface area contributed by atoms with E-state index in [9.17, 15) is 9.59 Å². The van der Waals surface area contributed by atoms with Crippen molar-refractivity contribution in [3.8, 4) is 0 Å². The van der Waals surface area contributed by atoms with Crippen LogP contribution in [0.3, 0.4) is 0 Å². The fourth-order valence-corrected chi connectivity index (χ4v) is 2.43. The van der Waals surface area contributed by atoms with Gasteiger partial charge in [-0.1, -0.05) is 6.07 Å². The van der Waals surface area contributed by atoms with Crippen LogP contribution in [0.4, 0.5) is 10.5 Å². The van der Waals surface area contributed by atoms with E-state index in [0.717, 1.165) is 24.1 Å². The minimum Gasteiger partial charge on any atom is -0.465 e. The van der Waals surface area contributed by atoms with Crippen LogP contribution in [0, 0.1) is 0 Å². The van der Waals surface area contributed by atoms with Crippen LogP contribution in [0.5, 0.6) is 0 Å². The normalized spacial score (nSPS) is 14.4. The van der Waals surface area contributed by atoms with E-state index >= 15 is 0 Å². The molecule has 0 saturated heterocycles. The van der Waals surface area contributed by atoms with Crippen molar-refractivity contribution in [1.29, 1.82) is 0 Å². The van der Waals surface area contributed by atoms with E-state index in [1.807, 2.05) is 26.8 Å². The summed E-state index contributed by atoms with van der Waals surface area (Å²) in [6.07, 6.45) is 1.16. The maximum Gasteiger partial charge on any atom is 0.414 e. The lowest BCUT2D eigenvalue weighted by Gasteiger charge is -2.32. The van der Waals surface area contributed by atoms with Crippen molar-refractivity contribution in [3.05, 3.63) is 29.3 Å². The Morgan fingerprint density at radius 1 is 1.24 bits per heavy atom. The molecule has 0 N–H and O–H groups in total. The maximum absolute atomic E-state index is 12.3. The molecule has 1 aromatic rings. The number of amides is 1. The first-order valence-electron chi connectivity index (χ1n) is 7.04. The highest BCUT2D eigenvalue weighted by Crippen LogP contribution is 2.31. The molecule has 0 saturated carbocycles. The van der Waals surface area contributed by atoms with Crippen LogP contribution >= 0.6 is 0 Å². The summed E-state index contributed by atoms with van der Waals surface area (Å²) >= 11 is 0. The van der Waals surface area contributed by atoms with Gasteiger partial charge in [0.2, 0.25) is 0 Å². The Hall–Kier alpha value is -2.04. The molecule has 1 amide bonds. The molecule has 0 atom stereocenters. The zero-order valence-corrected chi connectivity index (χ0v) is 12.9. The monoisotopic (exact) mass is 291 g/mol. The Labute approximate surface area is 124 Å². The van der Waals surface area contributed by atoms with E-state index in [4.69, 9.17) is 9.47 Å². The van der Waals surface area contributed by atoms with Gasteiger partial charge >= 0.3 is 12.1 Å². The van der Waals surface area contributed by atoms with Crippen molar-refractivity contribution < 1.29 is 19.1 Å². The summed E-state index contributed by atoms with van der Waals surface area (Å²) in [4.78, 5) is 25.7.